The van der Waals surface area contributed by atoms with Gasteiger partial charge in [0, 0.05) is 12.0 Å². The number of hydrogen-bond acceptors (Lipinski definition) is 2. The van der Waals surface area contributed by atoms with Gasteiger partial charge in [-0.05, 0) is 12.8 Å². The van der Waals surface area contributed by atoms with E-state index in [1.807, 2.05) is 32.0 Å². The SMILES string of the molecule is CCC(O)(CC)CC(=O)c1ccccc1. The van der Waals surface area contributed by atoms with Gasteiger partial charge in [-0.15, -0.1) is 0 Å². The first kappa shape index (κ1) is 11.9. The topological polar surface area (TPSA) is 37.3 Å². The number of carbonyl (C=O) groups excluding carboxylic acids is 1. The van der Waals surface area contributed by atoms with Crippen LogP contribution in [0.1, 0.15) is 43.5 Å². The Hall–Kier alpha value is -1.15. The predicted molar refractivity (Wildman–Crippen MR) is 60.9 cm³/mol. The molecule has 15 heavy (non-hydrogen) atoms. The maximum absolute atomic E-state index is 11.8. The number of hydrogen-bond donors (Lipinski definition) is 1. The molecule has 0 spiro atoms. The predicted octanol–water partition coefficient (Wildman–Crippen LogP) is 2.81. The molecule has 0 atom stereocenters. The first-order valence-electron chi connectivity index (χ1n) is 5.42. The molecule has 0 aliphatic heterocycles. The van der Waals surface area contributed by atoms with Gasteiger partial charge in [-0.25, -0.2) is 0 Å². The lowest BCUT2D eigenvalue weighted by atomic mass is 9.89. The quantitative estimate of drug-likeness (QED) is 0.752. The first-order valence-corrected chi connectivity index (χ1v) is 5.42. The summed E-state index contributed by atoms with van der Waals surface area (Å²) in [7, 11) is 0. The summed E-state index contributed by atoms with van der Waals surface area (Å²) in [6.07, 6.45) is 1.44. The molecule has 0 fully saturated rings. The Kier molecular flexibility index (Phi) is 4.04. The van der Waals surface area contributed by atoms with Gasteiger partial charge in [0.25, 0.3) is 0 Å². The van der Waals surface area contributed by atoms with E-state index in [0.29, 0.717) is 18.4 Å². The monoisotopic (exact) mass is 206 g/mol. The summed E-state index contributed by atoms with van der Waals surface area (Å²) >= 11 is 0. The van der Waals surface area contributed by atoms with Crippen molar-refractivity contribution in [2.75, 3.05) is 0 Å². The average molecular weight is 206 g/mol. The number of rotatable bonds is 5. The van der Waals surface area contributed by atoms with Crippen molar-refractivity contribution in [3.8, 4) is 0 Å². The van der Waals surface area contributed by atoms with E-state index in [2.05, 4.69) is 0 Å². The van der Waals surface area contributed by atoms with Crippen molar-refractivity contribution in [3.05, 3.63) is 35.9 Å². The van der Waals surface area contributed by atoms with Crippen LogP contribution in [0.3, 0.4) is 0 Å². The Bertz CT molecular complexity index is 313. The van der Waals surface area contributed by atoms with E-state index in [-0.39, 0.29) is 12.2 Å². The van der Waals surface area contributed by atoms with Crippen molar-refractivity contribution in [2.45, 2.75) is 38.7 Å². The average Bonchev–Trinajstić information content (AvgIpc) is 2.30. The van der Waals surface area contributed by atoms with Gasteiger partial charge in [0.15, 0.2) is 5.78 Å². The van der Waals surface area contributed by atoms with Gasteiger partial charge in [-0.3, -0.25) is 4.79 Å². The molecule has 0 radical (unpaired) electrons. The third-order valence-corrected chi connectivity index (χ3v) is 2.90. The summed E-state index contributed by atoms with van der Waals surface area (Å²) in [4.78, 5) is 11.8. The van der Waals surface area contributed by atoms with E-state index >= 15 is 0 Å². The van der Waals surface area contributed by atoms with E-state index in [4.69, 9.17) is 0 Å². The summed E-state index contributed by atoms with van der Waals surface area (Å²) in [6, 6.07) is 9.12. The Morgan fingerprint density at radius 2 is 1.73 bits per heavy atom. The van der Waals surface area contributed by atoms with Gasteiger partial charge in [0.05, 0.1) is 5.60 Å². The fourth-order valence-corrected chi connectivity index (χ4v) is 1.52. The molecule has 1 rings (SSSR count). The zero-order valence-electron chi connectivity index (χ0n) is 9.36. The van der Waals surface area contributed by atoms with Crippen LogP contribution in [0.5, 0.6) is 0 Å². The molecule has 0 aliphatic carbocycles. The van der Waals surface area contributed by atoms with Crippen LogP contribution in [0.25, 0.3) is 0 Å². The fourth-order valence-electron chi connectivity index (χ4n) is 1.52. The minimum absolute atomic E-state index is 0.0156. The summed E-state index contributed by atoms with van der Waals surface area (Å²) in [5, 5.41) is 10.0. The van der Waals surface area contributed by atoms with Gasteiger partial charge in [-0.1, -0.05) is 44.2 Å². The second-order valence-electron chi connectivity index (χ2n) is 3.90. The molecule has 1 aromatic carbocycles. The number of aliphatic hydroxyl groups is 1. The van der Waals surface area contributed by atoms with Crippen molar-refractivity contribution in [1.82, 2.24) is 0 Å². The minimum atomic E-state index is -0.840. The van der Waals surface area contributed by atoms with Crippen LogP contribution in [-0.4, -0.2) is 16.5 Å². The van der Waals surface area contributed by atoms with Crippen molar-refractivity contribution < 1.29 is 9.90 Å². The highest BCUT2D eigenvalue weighted by Gasteiger charge is 2.26. The van der Waals surface area contributed by atoms with Gasteiger partial charge >= 0.3 is 0 Å². The third kappa shape index (κ3) is 3.17. The molecule has 0 heterocycles. The molecule has 0 saturated heterocycles. The summed E-state index contributed by atoms with van der Waals surface area (Å²) in [5.74, 6) is 0.0156. The highest BCUT2D eigenvalue weighted by molar-refractivity contribution is 5.96. The van der Waals surface area contributed by atoms with Crippen LogP contribution in [0.4, 0.5) is 0 Å². The van der Waals surface area contributed by atoms with Gasteiger partial charge in [-0.2, -0.15) is 0 Å². The molecule has 82 valence electrons. The van der Waals surface area contributed by atoms with Gasteiger partial charge < -0.3 is 5.11 Å². The van der Waals surface area contributed by atoms with Crippen molar-refractivity contribution >= 4 is 5.78 Å². The number of ketones is 1. The molecule has 0 bridgehead atoms. The zero-order chi connectivity index (χ0) is 11.3. The van der Waals surface area contributed by atoms with Crippen molar-refractivity contribution in [3.63, 3.8) is 0 Å². The maximum atomic E-state index is 11.8. The number of Topliss-reactive ketones (excluding diaryl/α,β-unsaturated/α-hetero) is 1. The van der Waals surface area contributed by atoms with Crippen LogP contribution >= 0.6 is 0 Å². The van der Waals surface area contributed by atoms with Gasteiger partial charge in [0.2, 0.25) is 0 Å². The molecule has 1 N–H and O–H groups in total. The first-order chi connectivity index (χ1) is 7.11. The summed E-state index contributed by atoms with van der Waals surface area (Å²) in [6.45, 7) is 3.81. The number of carbonyl (C=O) groups is 1. The van der Waals surface area contributed by atoms with Crippen LogP contribution in [0, 0.1) is 0 Å². The maximum Gasteiger partial charge on any atom is 0.165 e. The summed E-state index contributed by atoms with van der Waals surface area (Å²) < 4.78 is 0. The van der Waals surface area contributed by atoms with E-state index in [1.165, 1.54) is 0 Å². The second-order valence-corrected chi connectivity index (χ2v) is 3.90. The molecule has 0 amide bonds. The standard InChI is InChI=1S/C13H18O2/c1-3-13(15,4-2)10-12(14)11-8-6-5-7-9-11/h5-9,15H,3-4,10H2,1-2H3. The van der Waals surface area contributed by atoms with Gasteiger partial charge in [0.1, 0.15) is 0 Å². The highest BCUT2D eigenvalue weighted by atomic mass is 16.3. The molecular weight excluding hydrogens is 188 g/mol. The lowest BCUT2D eigenvalue weighted by Gasteiger charge is -2.24. The lowest BCUT2D eigenvalue weighted by molar-refractivity contribution is 0.0243. The highest BCUT2D eigenvalue weighted by Crippen LogP contribution is 2.21. The Morgan fingerprint density at radius 3 is 2.20 bits per heavy atom. The van der Waals surface area contributed by atoms with Crippen LogP contribution in [0.2, 0.25) is 0 Å². The minimum Gasteiger partial charge on any atom is -0.389 e. The van der Waals surface area contributed by atoms with E-state index < -0.39 is 5.60 Å². The molecule has 0 aliphatic rings. The number of benzene rings is 1. The second kappa shape index (κ2) is 5.08. The van der Waals surface area contributed by atoms with Crippen LogP contribution < -0.4 is 0 Å². The molecule has 0 saturated carbocycles. The van der Waals surface area contributed by atoms with Crippen molar-refractivity contribution in [1.29, 1.82) is 0 Å². The van der Waals surface area contributed by atoms with E-state index in [9.17, 15) is 9.90 Å². The van der Waals surface area contributed by atoms with Crippen molar-refractivity contribution in [2.24, 2.45) is 0 Å². The molecule has 2 nitrogen and oxygen atoms in total. The Balaban J connectivity index is 2.72. The molecular formula is C13H18O2. The van der Waals surface area contributed by atoms with Crippen LogP contribution in [0.15, 0.2) is 30.3 Å². The smallest absolute Gasteiger partial charge is 0.165 e. The van der Waals surface area contributed by atoms with E-state index in [1.54, 1.807) is 12.1 Å². The molecule has 2 heteroatoms. The molecule has 1 aromatic rings. The van der Waals surface area contributed by atoms with E-state index in [0.717, 1.165) is 0 Å². The lowest BCUT2D eigenvalue weighted by Crippen LogP contribution is -2.30. The fraction of sp³-hybridized carbons (Fsp3) is 0.462. The Morgan fingerprint density at radius 1 is 1.20 bits per heavy atom. The summed E-state index contributed by atoms with van der Waals surface area (Å²) in [5.41, 5.74) is -0.162. The third-order valence-electron chi connectivity index (χ3n) is 2.90. The van der Waals surface area contributed by atoms with Crippen LogP contribution in [-0.2, 0) is 0 Å². The Labute approximate surface area is 90.9 Å². The largest absolute Gasteiger partial charge is 0.389 e. The zero-order valence-corrected chi connectivity index (χ0v) is 9.36. The molecule has 0 aromatic heterocycles. The molecule has 0 unspecified atom stereocenters. The normalized spacial score (nSPS) is 11.4.